The maximum atomic E-state index is 10.8. The predicted molar refractivity (Wildman–Crippen MR) is 67.6 cm³/mol. The summed E-state index contributed by atoms with van der Waals surface area (Å²) in [5.41, 5.74) is 0.734. The molecule has 0 unspecified atom stereocenters. The van der Waals surface area contributed by atoms with E-state index in [1.54, 1.807) is 12.1 Å². The first-order chi connectivity index (χ1) is 9.01. The molecule has 0 aromatic heterocycles. The predicted octanol–water partition coefficient (Wildman–Crippen LogP) is 1.51. The molecule has 0 spiro atoms. The summed E-state index contributed by atoms with van der Waals surface area (Å²) in [6.07, 6.45) is 0.153. The molecule has 0 amide bonds. The van der Waals surface area contributed by atoms with Crippen molar-refractivity contribution in [3.8, 4) is 5.75 Å². The van der Waals surface area contributed by atoms with Crippen LogP contribution in [0.2, 0.25) is 0 Å². The Morgan fingerprint density at radius 1 is 1.58 bits per heavy atom. The molecule has 1 aromatic carbocycles. The smallest absolute Gasteiger partial charge is 0.311 e. The monoisotopic (exact) mass is 266 g/mol. The second-order valence-corrected chi connectivity index (χ2v) is 4.48. The fourth-order valence-corrected chi connectivity index (χ4v) is 2.17. The third kappa shape index (κ3) is 2.75. The lowest BCUT2D eigenvalue weighted by molar-refractivity contribution is -0.385. The number of nitrogens with zero attached hydrogens (tertiary/aromatic N) is 2. The number of rotatable bonds is 5. The van der Waals surface area contributed by atoms with E-state index < -0.39 is 10.9 Å². The average Bonchev–Trinajstić information content (AvgIpc) is 2.32. The molecule has 102 valence electrons. The number of ether oxygens (including phenoxy) is 1. The van der Waals surface area contributed by atoms with Crippen LogP contribution in [-0.2, 0) is 4.79 Å². The second kappa shape index (κ2) is 5.13. The quantitative estimate of drug-likeness (QED) is 0.641. The van der Waals surface area contributed by atoms with Crippen molar-refractivity contribution in [2.45, 2.75) is 6.42 Å². The number of nitro groups is 1. The Morgan fingerprint density at radius 2 is 2.26 bits per heavy atom. The SMILES string of the molecule is COc1cc(N2CC(CC(=O)O)C2)ccc1[N+](=O)[O-]. The van der Waals surface area contributed by atoms with Gasteiger partial charge in [-0.2, -0.15) is 0 Å². The van der Waals surface area contributed by atoms with Crippen molar-refractivity contribution in [1.82, 2.24) is 0 Å². The van der Waals surface area contributed by atoms with Crippen molar-refractivity contribution < 1.29 is 19.6 Å². The van der Waals surface area contributed by atoms with Crippen LogP contribution < -0.4 is 9.64 Å². The zero-order valence-electron chi connectivity index (χ0n) is 10.4. The molecule has 2 rings (SSSR count). The van der Waals surface area contributed by atoms with Gasteiger partial charge in [-0.3, -0.25) is 14.9 Å². The van der Waals surface area contributed by atoms with Gasteiger partial charge in [0.15, 0.2) is 5.75 Å². The number of hydrogen-bond donors (Lipinski definition) is 1. The maximum absolute atomic E-state index is 10.8. The summed E-state index contributed by atoms with van der Waals surface area (Å²) in [6.45, 7) is 1.29. The minimum Gasteiger partial charge on any atom is -0.490 e. The molecule has 1 aromatic rings. The second-order valence-electron chi connectivity index (χ2n) is 4.48. The molecule has 1 heterocycles. The van der Waals surface area contributed by atoms with Crippen LogP contribution in [0.3, 0.4) is 0 Å². The molecule has 1 fully saturated rings. The van der Waals surface area contributed by atoms with Crippen LogP contribution in [0.1, 0.15) is 6.42 Å². The summed E-state index contributed by atoms with van der Waals surface area (Å²) in [4.78, 5) is 22.8. The first-order valence-corrected chi connectivity index (χ1v) is 5.80. The van der Waals surface area contributed by atoms with E-state index in [-0.39, 0.29) is 23.8 Å². The van der Waals surface area contributed by atoms with Crippen molar-refractivity contribution in [1.29, 1.82) is 0 Å². The Morgan fingerprint density at radius 3 is 2.79 bits per heavy atom. The van der Waals surface area contributed by atoms with Gasteiger partial charge < -0.3 is 14.7 Å². The van der Waals surface area contributed by atoms with E-state index in [1.165, 1.54) is 13.2 Å². The number of carboxylic acids is 1. The summed E-state index contributed by atoms with van der Waals surface area (Å²) >= 11 is 0. The van der Waals surface area contributed by atoms with Crippen molar-refractivity contribution in [3.05, 3.63) is 28.3 Å². The number of methoxy groups -OCH3 is 1. The van der Waals surface area contributed by atoms with Crippen LogP contribution in [0.4, 0.5) is 11.4 Å². The highest BCUT2D eigenvalue weighted by atomic mass is 16.6. The van der Waals surface area contributed by atoms with E-state index in [0.717, 1.165) is 5.69 Å². The van der Waals surface area contributed by atoms with Gasteiger partial charge >= 0.3 is 11.7 Å². The molecule has 1 saturated heterocycles. The van der Waals surface area contributed by atoms with Gasteiger partial charge in [-0.25, -0.2) is 0 Å². The van der Waals surface area contributed by atoms with Gasteiger partial charge in [0.2, 0.25) is 0 Å². The van der Waals surface area contributed by atoms with E-state index >= 15 is 0 Å². The molecule has 1 N–H and O–H groups in total. The fraction of sp³-hybridized carbons (Fsp3) is 0.417. The molecule has 0 saturated carbocycles. The molecule has 1 aliphatic rings. The number of aliphatic carboxylic acids is 1. The highest BCUT2D eigenvalue weighted by Gasteiger charge is 2.29. The van der Waals surface area contributed by atoms with Crippen LogP contribution in [0.25, 0.3) is 0 Å². The van der Waals surface area contributed by atoms with E-state index in [2.05, 4.69) is 0 Å². The molecule has 0 atom stereocenters. The number of benzene rings is 1. The minimum atomic E-state index is -0.800. The zero-order chi connectivity index (χ0) is 14.0. The Kier molecular flexibility index (Phi) is 3.55. The van der Waals surface area contributed by atoms with E-state index in [0.29, 0.717) is 13.1 Å². The first kappa shape index (κ1) is 13.1. The summed E-state index contributed by atoms with van der Waals surface area (Å²) in [5, 5.41) is 19.4. The van der Waals surface area contributed by atoms with E-state index in [4.69, 9.17) is 9.84 Å². The van der Waals surface area contributed by atoms with Gasteiger partial charge in [-0.05, 0) is 6.07 Å². The molecule has 0 bridgehead atoms. The summed E-state index contributed by atoms with van der Waals surface area (Å²) < 4.78 is 4.99. The van der Waals surface area contributed by atoms with Gasteiger partial charge in [0.05, 0.1) is 18.5 Å². The molecule has 1 aliphatic heterocycles. The van der Waals surface area contributed by atoms with Gasteiger partial charge in [-0.15, -0.1) is 0 Å². The number of hydrogen-bond acceptors (Lipinski definition) is 5. The Hall–Kier alpha value is -2.31. The Bertz CT molecular complexity index is 511. The topological polar surface area (TPSA) is 92.9 Å². The van der Waals surface area contributed by atoms with Crippen molar-refractivity contribution >= 4 is 17.3 Å². The van der Waals surface area contributed by atoms with Crippen LogP contribution in [-0.4, -0.2) is 36.2 Å². The third-order valence-corrected chi connectivity index (χ3v) is 3.15. The van der Waals surface area contributed by atoms with E-state index in [9.17, 15) is 14.9 Å². The average molecular weight is 266 g/mol. The van der Waals surface area contributed by atoms with Crippen LogP contribution in [0.15, 0.2) is 18.2 Å². The zero-order valence-corrected chi connectivity index (χ0v) is 10.4. The normalized spacial score (nSPS) is 14.9. The first-order valence-electron chi connectivity index (χ1n) is 5.80. The molecular weight excluding hydrogens is 252 g/mol. The van der Waals surface area contributed by atoms with Crippen molar-refractivity contribution in [2.24, 2.45) is 5.92 Å². The van der Waals surface area contributed by atoms with Crippen LogP contribution in [0, 0.1) is 16.0 Å². The number of nitro benzene ring substituents is 1. The standard InChI is InChI=1S/C12H14N2O5/c1-19-11-5-9(2-3-10(11)14(17)18)13-6-8(7-13)4-12(15)16/h2-3,5,8H,4,6-7H2,1H3,(H,15,16). The molecule has 7 heteroatoms. The summed E-state index contributed by atoms with van der Waals surface area (Å²) in [6, 6.07) is 4.66. The lowest BCUT2D eigenvalue weighted by Crippen LogP contribution is -2.47. The van der Waals surface area contributed by atoms with Crippen molar-refractivity contribution in [2.75, 3.05) is 25.1 Å². The minimum absolute atomic E-state index is 0.0751. The lowest BCUT2D eigenvalue weighted by Gasteiger charge is -2.40. The van der Waals surface area contributed by atoms with Gasteiger partial charge in [0.25, 0.3) is 0 Å². The van der Waals surface area contributed by atoms with E-state index in [1.807, 2.05) is 4.90 Å². The van der Waals surface area contributed by atoms with Crippen molar-refractivity contribution in [3.63, 3.8) is 0 Å². The third-order valence-electron chi connectivity index (χ3n) is 3.15. The molecule has 7 nitrogen and oxygen atoms in total. The van der Waals surface area contributed by atoms with Gasteiger partial charge in [0, 0.05) is 36.8 Å². The molecular formula is C12H14N2O5. The lowest BCUT2D eigenvalue weighted by atomic mass is 9.95. The molecule has 19 heavy (non-hydrogen) atoms. The fourth-order valence-electron chi connectivity index (χ4n) is 2.17. The van der Waals surface area contributed by atoms with Gasteiger partial charge in [0.1, 0.15) is 0 Å². The number of carboxylic acid groups (broad SMARTS) is 1. The Labute approximate surface area is 109 Å². The highest BCUT2D eigenvalue weighted by molar-refractivity contribution is 5.68. The summed E-state index contributed by atoms with van der Waals surface area (Å²) in [5.74, 6) is -0.450. The van der Waals surface area contributed by atoms with Crippen LogP contribution in [0.5, 0.6) is 5.75 Å². The molecule has 0 radical (unpaired) electrons. The largest absolute Gasteiger partial charge is 0.490 e. The maximum Gasteiger partial charge on any atom is 0.311 e. The van der Waals surface area contributed by atoms with Gasteiger partial charge in [-0.1, -0.05) is 0 Å². The van der Waals surface area contributed by atoms with Crippen LogP contribution >= 0.6 is 0 Å². The number of carbonyl (C=O) groups is 1. The number of anilines is 1. The highest BCUT2D eigenvalue weighted by Crippen LogP contribution is 2.34. The molecule has 0 aliphatic carbocycles. The summed E-state index contributed by atoms with van der Waals surface area (Å²) in [7, 11) is 1.38. The Balaban J connectivity index is 2.07.